The Bertz CT molecular complexity index is 1430. The van der Waals surface area contributed by atoms with Crippen LogP contribution in [0.1, 0.15) is 28.4 Å². The maximum absolute atomic E-state index is 12.6. The lowest BCUT2D eigenvalue weighted by molar-refractivity contribution is 0.0955. The Morgan fingerprint density at radius 2 is 1.89 bits per heavy atom. The van der Waals surface area contributed by atoms with Gasteiger partial charge in [-0.3, -0.25) is 4.79 Å². The van der Waals surface area contributed by atoms with Crippen LogP contribution in [0.25, 0.3) is 11.3 Å². The lowest BCUT2D eigenvalue weighted by Gasteiger charge is -2.13. The Labute approximate surface area is 239 Å². The van der Waals surface area contributed by atoms with Crippen molar-refractivity contribution in [3.63, 3.8) is 0 Å². The molecular weight excluding hydrogens is 611 g/mol. The molecule has 4 aromatic rings. The largest absolute Gasteiger partial charge is 0.490 e. The number of benzene rings is 3. The third kappa shape index (κ3) is 7.20. The van der Waals surface area contributed by atoms with Crippen molar-refractivity contribution in [2.24, 2.45) is 5.10 Å². The highest BCUT2D eigenvalue weighted by Gasteiger charge is 2.12. The summed E-state index contributed by atoms with van der Waals surface area (Å²) in [6.07, 6.45) is 3.26. The molecule has 9 heteroatoms. The first-order valence-corrected chi connectivity index (χ1v) is 13.9. The molecule has 0 saturated heterocycles. The molecule has 0 atom stereocenters. The number of carbonyl (C=O) groups is 1. The Morgan fingerprint density at radius 3 is 2.61 bits per heavy atom. The summed E-state index contributed by atoms with van der Waals surface area (Å²) in [6.45, 7) is 8.53. The molecular formula is C29H27IN4O3S. The number of anilines is 2. The van der Waals surface area contributed by atoms with Crippen LogP contribution in [0.3, 0.4) is 0 Å². The zero-order chi connectivity index (χ0) is 26.9. The van der Waals surface area contributed by atoms with Gasteiger partial charge in [0.05, 0.1) is 22.1 Å². The molecule has 0 spiro atoms. The molecule has 0 aliphatic heterocycles. The van der Waals surface area contributed by atoms with Gasteiger partial charge in [-0.05, 0) is 78.4 Å². The van der Waals surface area contributed by atoms with Crippen molar-refractivity contribution in [2.45, 2.75) is 13.8 Å². The average Bonchev–Trinajstić information content (AvgIpc) is 3.38. The van der Waals surface area contributed by atoms with Crippen LogP contribution in [0.2, 0.25) is 0 Å². The van der Waals surface area contributed by atoms with E-state index in [9.17, 15) is 4.79 Å². The lowest BCUT2D eigenvalue weighted by atomic mass is 10.1. The van der Waals surface area contributed by atoms with Gasteiger partial charge in [0.2, 0.25) is 0 Å². The Hall–Kier alpha value is -3.70. The van der Waals surface area contributed by atoms with Gasteiger partial charge in [0, 0.05) is 22.2 Å². The molecule has 0 fully saturated rings. The number of hydrazone groups is 1. The van der Waals surface area contributed by atoms with Crippen LogP contribution in [-0.4, -0.2) is 30.3 Å². The summed E-state index contributed by atoms with van der Waals surface area (Å²) >= 11 is 3.71. The number of nitrogens with one attached hydrogen (secondary N) is 2. The minimum atomic E-state index is -0.307. The minimum absolute atomic E-state index is 0.307. The summed E-state index contributed by atoms with van der Waals surface area (Å²) in [4.78, 5) is 17.3. The first-order valence-electron chi connectivity index (χ1n) is 11.9. The number of thiazole rings is 1. The van der Waals surface area contributed by atoms with E-state index in [4.69, 9.17) is 9.47 Å². The van der Waals surface area contributed by atoms with Gasteiger partial charge in [-0.15, -0.1) is 11.3 Å². The molecule has 0 saturated carbocycles. The van der Waals surface area contributed by atoms with Crippen molar-refractivity contribution < 1.29 is 14.3 Å². The molecule has 194 valence electrons. The maximum Gasteiger partial charge on any atom is 0.271 e. The van der Waals surface area contributed by atoms with Crippen molar-refractivity contribution in [3.8, 4) is 22.8 Å². The van der Waals surface area contributed by atoms with Gasteiger partial charge in [0.25, 0.3) is 5.91 Å². The van der Waals surface area contributed by atoms with E-state index in [1.54, 1.807) is 24.4 Å². The number of aromatic nitrogens is 1. The van der Waals surface area contributed by atoms with E-state index in [1.165, 1.54) is 16.9 Å². The van der Waals surface area contributed by atoms with Crippen molar-refractivity contribution in [3.05, 3.63) is 99.0 Å². The molecule has 1 aromatic heterocycles. The van der Waals surface area contributed by atoms with Crippen molar-refractivity contribution in [2.75, 3.05) is 18.5 Å². The van der Waals surface area contributed by atoms with E-state index >= 15 is 0 Å². The first kappa shape index (κ1) is 27.3. The van der Waals surface area contributed by atoms with Crippen LogP contribution >= 0.6 is 33.9 Å². The monoisotopic (exact) mass is 638 g/mol. The predicted octanol–water partition coefficient (Wildman–Crippen LogP) is 7.19. The Morgan fingerprint density at radius 1 is 1.13 bits per heavy atom. The van der Waals surface area contributed by atoms with Crippen molar-refractivity contribution >= 4 is 56.9 Å². The van der Waals surface area contributed by atoms with E-state index in [1.807, 2.05) is 48.7 Å². The molecule has 1 heterocycles. The summed E-state index contributed by atoms with van der Waals surface area (Å²) in [5.74, 6) is 0.967. The SMILES string of the molecule is C=CCOc1c(I)cc(/C=N\NC(=O)c2ccc(-c3csc(Nc4ccc(C)cc4)n3)cc2)cc1OCC. The summed E-state index contributed by atoms with van der Waals surface area (Å²) in [5, 5.41) is 10.2. The van der Waals surface area contributed by atoms with E-state index in [0.717, 1.165) is 31.2 Å². The van der Waals surface area contributed by atoms with Gasteiger partial charge in [-0.2, -0.15) is 5.10 Å². The van der Waals surface area contributed by atoms with E-state index in [-0.39, 0.29) is 5.91 Å². The Kier molecular flexibility index (Phi) is 9.50. The summed E-state index contributed by atoms with van der Waals surface area (Å²) in [5.41, 5.74) is 7.82. The molecule has 0 aliphatic rings. The molecule has 0 aliphatic carbocycles. The van der Waals surface area contributed by atoms with Gasteiger partial charge >= 0.3 is 0 Å². The number of hydrogen-bond donors (Lipinski definition) is 2. The molecule has 4 rings (SSSR count). The molecule has 0 unspecified atom stereocenters. The lowest BCUT2D eigenvalue weighted by Crippen LogP contribution is -2.17. The zero-order valence-electron chi connectivity index (χ0n) is 21.0. The number of carbonyl (C=O) groups excluding carboxylic acids is 1. The number of rotatable bonds is 11. The van der Waals surface area contributed by atoms with Crippen LogP contribution in [-0.2, 0) is 0 Å². The standard InChI is InChI=1S/C29H27IN4O3S/c1-4-14-37-27-24(30)15-20(16-26(27)36-5-2)17-31-34-28(35)22-10-8-21(9-11-22)25-18-38-29(33-25)32-23-12-6-19(3)7-13-23/h4,6-13,15-18H,1,5,14H2,2-3H3,(H,32,33)(H,34,35)/b31-17-. The summed E-state index contributed by atoms with van der Waals surface area (Å²) in [7, 11) is 0. The second-order valence-electron chi connectivity index (χ2n) is 8.17. The van der Waals surface area contributed by atoms with Crippen LogP contribution in [0.15, 0.2) is 83.8 Å². The molecule has 0 radical (unpaired) electrons. The molecule has 3 aromatic carbocycles. The molecule has 0 bridgehead atoms. The van der Waals surface area contributed by atoms with Gasteiger partial charge in [0.15, 0.2) is 16.6 Å². The van der Waals surface area contributed by atoms with Crippen molar-refractivity contribution in [1.29, 1.82) is 0 Å². The number of hydrogen-bond acceptors (Lipinski definition) is 7. The fourth-order valence-electron chi connectivity index (χ4n) is 3.45. The third-order valence-electron chi connectivity index (χ3n) is 5.31. The quantitative estimate of drug-likeness (QED) is 0.0787. The average molecular weight is 639 g/mol. The molecule has 7 nitrogen and oxygen atoms in total. The third-order valence-corrected chi connectivity index (χ3v) is 6.87. The highest BCUT2D eigenvalue weighted by atomic mass is 127. The molecule has 1 amide bonds. The topological polar surface area (TPSA) is 84.8 Å². The fraction of sp³-hybridized carbons (Fsp3) is 0.138. The van der Waals surface area contributed by atoms with Crippen molar-refractivity contribution in [1.82, 2.24) is 10.4 Å². The van der Waals surface area contributed by atoms with E-state index < -0.39 is 0 Å². The maximum atomic E-state index is 12.6. The number of nitrogens with zero attached hydrogens (tertiary/aromatic N) is 2. The second kappa shape index (κ2) is 13.2. The zero-order valence-corrected chi connectivity index (χ0v) is 24.0. The second-order valence-corrected chi connectivity index (χ2v) is 10.2. The molecule has 2 N–H and O–H groups in total. The highest BCUT2D eigenvalue weighted by molar-refractivity contribution is 14.1. The normalized spacial score (nSPS) is 10.8. The smallest absolute Gasteiger partial charge is 0.271 e. The summed E-state index contributed by atoms with van der Waals surface area (Å²) in [6, 6.07) is 19.2. The van der Waals surface area contributed by atoms with E-state index in [0.29, 0.717) is 30.3 Å². The van der Waals surface area contributed by atoms with Gasteiger partial charge < -0.3 is 14.8 Å². The number of amides is 1. The van der Waals surface area contributed by atoms with Gasteiger partial charge in [-0.1, -0.05) is 42.5 Å². The molecule has 38 heavy (non-hydrogen) atoms. The minimum Gasteiger partial charge on any atom is -0.490 e. The number of ether oxygens (including phenoxy) is 2. The van der Waals surface area contributed by atoms with Crippen LogP contribution in [0.5, 0.6) is 11.5 Å². The first-order chi connectivity index (χ1) is 18.5. The number of aryl methyl sites for hydroxylation is 1. The van der Waals surface area contributed by atoms with Crippen LogP contribution in [0, 0.1) is 10.5 Å². The van der Waals surface area contributed by atoms with Gasteiger partial charge in [0.1, 0.15) is 6.61 Å². The fourth-order valence-corrected chi connectivity index (χ4v) is 4.98. The Balaban J connectivity index is 1.38. The van der Waals surface area contributed by atoms with E-state index in [2.05, 4.69) is 69.1 Å². The van der Waals surface area contributed by atoms with Crippen LogP contribution in [0.4, 0.5) is 10.8 Å². The highest BCUT2D eigenvalue weighted by Crippen LogP contribution is 2.34. The predicted molar refractivity (Wildman–Crippen MR) is 163 cm³/mol. The van der Waals surface area contributed by atoms with Gasteiger partial charge in [-0.25, -0.2) is 10.4 Å². The summed E-state index contributed by atoms with van der Waals surface area (Å²) < 4.78 is 12.3. The van der Waals surface area contributed by atoms with Crippen LogP contribution < -0.4 is 20.2 Å². The number of halogens is 1.